The van der Waals surface area contributed by atoms with Crippen LogP contribution in [0.3, 0.4) is 0 Å². The number of rotatable bonds is 5. The van der Waals surface area contributed by atoms with Gasteiger partial charge in [0, 0.05) is 25.3 Å². The van der Waals surface area contributed by atoms with Crippen molar-refractivity contribution in [2.45, 2.75) is 26.8 Å². The van der Waals surface area contributed by atoms with Crippen LogP contribution in [0.5, 0.6) is 0 Å². The number of nitrogens with zero attached hydrogens (tertiary/aromatic N) is 1. The monoisotopic (exact) mass is 206 g/mol. The second-order valence-electron chi connectivity index (χ2n) is 4.18. The quantitative estimate of drug-likeness (QED) is 0.796. The van der Waals surface area contributed by atoms with E-state index in [1.807, 2.05) is 0 Å². The largest absolute Gasteiger partial charge is 0.373 e. The Balaban J connectivity index is 2.56. The van der Waals surface area contributed by atoms with Crippen molar-refractivity contribution < 1.29 is 0 Å². The molecule has 0 saturated heterocycles. The van der Waals surface area contributed by atoms with Gasteiger partial charge in [-0.3, -0.25) is 0 Å². The maximum atomic E-state index is 3.42. The summed E-state index contributed by atoms with van der Waals surface area (Å²) in [5, 5.41) is 3.42. The van der Waals surface area contributed by atoms with Crippen molar-refractivity contribution in [3.05, 3.63) is 29.8 Å². The molecular weight excluding hydrogens is 184 g/mol. The first-order valence-corrected chi connectivity index (χ1v) is 5.64. The molecule has 2 heteroatoms. The van der Waals surface area contributed by atoms with Gasteiger partial charge in [0.1, 0.15) is 0 Å². The Morgan fingerprint density at radius 1 is 1.40 bits per heavy atom. The summed E-state index contributed by atoms with van der Waals surface area (Å²) < 4.78 is 0. The van der Waals surface area contributed by atoms with Crippen LogP contribution in [0.1, 0.15) is 19.4 Å². The van der Waals surface area contributed by atoms with Gasteiger partial charge in [-0.1, -0.05) is 19.1 Å². The van der Waals surface area contributed by atoms with Crippen molar-refractivity contribution in [1.29, 1.82) is 0 Å². The van der Waals surface area contributed by atoms with Crippen molar-refractivity contribution in [2.75, 3.05) is 25.0 Å². The van der Waals surface area contributed by atoms with Gasteiger partial charge < -0.3 is 10.2 Å². The molecule has 0 fully saturated rings. The van der Waals surface area contributed by atoms with E-state index in [0.717, 1.165) is 13.1 Å². The van der Waals surface area contributed by atoms with E-state index in [9.17, 15) is 0 Å². The molecule has 2 nitrogen and oxygen atoms in total. The topological polar surface area (TPSA) is 15.3 Å². The average Bonchev–Trinajstić information content (AvgIpc) is 2.18. The molecule has 0 amide bonds. The molecule has 15 heavy (non-hydrogen) atoms. The summed E-state index contributed by atoms with van der Waals surface area (Å²) in [5.41, 5.74) is 2.61. The van der Waals surface area contributed by atoms with Crippen molar-refractivity contribution in [3.8, 4) is 0 Å². The lowest BCUT2D eigenvalue weighted by atomic mass is 10.2. The molecule has 1 atom stereocenters. The Kier molecular flexibility index (Phi) is 4.63. The van der Waals surface area contributed by atoms with Gasteiger partial charge in [-0.25, -0.2) is 0 Å². The van der Waals surface area contributed by atoms with Gasteiger partial charge in [-0.2, -0.15) is 0 Å². The van der Waals surface area contributed by atoms with E-state index in [1.165, 1.54) is 11.3 Å². The number of hydrogen-bond acceptors (Lipinski definition) is 2. The summed E-state index contributed by atoms with van der Waals surface area (Å²) in [7, 11) is 2.14. The predicted molar refractivity (Wildman–Crippen MR) is 67.6 cm³/mol. The van der Waals surface area contributed by atoms with Crippen LogP contribution < -0.4 is 10.2 Å². The number of hydrogen-bond donors (Lipinski definition) is 1. The summed E-state index contributed by atoms with van der Waals surface area (Å²) >= 11 is 0. The minimum Gasteiger partial charge on any atom is -0.373 e. The second kappa shape index (κ2) is 5.76. The fraction of sp³-hybridized carbons (Fsp3) is 0.538. The van der Waals surface area contributed by atoms with Crippen molar-refractivity contribution in [1.82, 2.24) is 5.32 Å². The van der Waals surface area contributed by atoms with Gasteiger partial charge >= 0.3 is 0 Å². The lowest BCUT2D eigenvalue weighted by Gasteiger charge is -2.24. The molecule has 0 bridgehead atoms. The third-order valence-corrected chi connectivity index (χ3v) is 2.54. The molecular formula is C13H22N2. The van der Waals surface area contributed by atoms with E-state index in [1.54, 1.807) is 0 Å². The lowest BCUT2D eigenvalue weighted by molar-refractivity contribution is 0.565. The second-order valence-corrected chi connectivity index (χ2v) is 4.18. The van der Waals surface area contributed by atoms with Gasteiger partial charge in [-0.05, 0) is 38.1 Å². The van der Waals surface area contributed by atoms with Crippen LogP contribution in [0.2, 0.25) is 0 Å². The first-order chi connectivity index (χ1) is 7.13. The summed E-state index contributed by atoms with van der Waals surface area (Å²) in [5.74, 6) is 0. The maximum absolute atomic E-state index is 3.42. The van der Waals surface area contributed by atoms with Crippen molar-refractivity contribution in [3.63, 3.8) is 0 Å². The number of aryl methyl sites for hydroxylation is 1. The Hall–Kier alpha value is -1.02. The molecule has 84 valence electrons. The van der Waals surface area contributed by atoms with E-state index in [2.05, 4.69) is 62.3 Å². The highest BCUT2D eigenvalue weighted by molar-refractivity contribution is 5.47. The molecule has 0 heterocycles. The Morgan fingerprint density at radius 3 is 2.73 bits per heavy atom. The van der Waals surface area contributed by atoms with Gasteiger partial charge in [0.05, 0.1) is 0 Å². The molecule has 0 aliphatic carbocycles. The number of anilines is 1. The zero-order chi connectivity index (χ0) is 11.3. The smallest absolute Gasteiger partial charge is 0.0366 e. The van der Waals surface area contributed by atoms with Crippen LogP contribution in [-0.4, -0.2) is 26.2 Å². The number of nitrogens with one attached hydrogen (secondary N) is 1. The van der Waals surface area contributed by atoms with Crippen LogP contribution in [0, 0.1) is 6.92 Å². The Morgan fingerprint density at radius 2 is 2.13 bits per heavy atom. The van der Waals surface area contributed by atoms with Gasteiger partial charge in [0.25, 0.3) is 0 Å². The normalized spacial score (nSPS) is 12.5. The standard InChI is InChI=1S/C13H22N2/c1-5-14-12(3)10-15(4)13-8-6-7-11(2)9-13/h6-9,12,14H,5,10H2,1-4H3. The molecule has 1 aromatic carbocycles. The highest BCUT2D eigenvalue weighted by Gasteiger charge is 2.05. The van der Waals surface area contributed by atoms with Gasteiger partial charge in [0.2, 0.25) is 0 Å². The van der Waals surface area contributed by atoms with Gasteiger partial charge in [-0.15, -0.1) is 0 Å². The molecule has 0 saturated carbocycles. The number of benzene rings is 1. The van der Waals surface area contributed by atoms with Gasteiger partial charge in [0.15, 0.2) is 0 Å². The third-order valence-electron chi connectivity index (χ3n) is 2.54. The highest BCUT2D eigenvalue weighted by Crippen LogP contribution is 2.14. The lowest BCUT2D eigenvalue weighted by Crippen LogP contribution is -2.37. The first kappa shape index (κ1) is 12.1. The van der Waals surface area contributed by atoms with Crippen LogP contribution in [0.4, 0.5) is 5.69 Å². The summed E-state index contributed by atoms with van der Waals surface area (Å²) in [6, 6.07) is 9.15. The predicted octanol–water partition coefficient (Wildman–Crippen LogP) is 2.43. The minimum absolute atomic E-state index is 0.528. The van der Waals surface area contributed by atoms with E-state index < -0.39 is 0 Å². The van der Waals surface area contributed by atoms with Crippen LogP contribution in [0.25, 0.3) is 0 Å². The fourth-order valence-electron chi connectivity index (χ4n) is 1.79. The van der Waals surface area contributed by atoms with E-state index in [-0.39, 0.29) is 0 Å². The van der Waals surface area contributed by atoms with Crippen LogP contribution >= 0.6 is 0 Å². The van der Waals surface area contributed by atoms with Crippen molar-refractivity contribution >= 4 is 5.69 Å². The molecule has 0 aliphatic rings. The Bertz CT molecular complexity index is 296. The molecule has 0 aromatic heterocycles. The fourth-order valence-corrected chi connectivity index (χ4v) is 1.79. The molecule has 1 N–H and O–H groups in total. The molecule has 1 rings (SSSR count). The Labute approximate surface area is 93.3 Å². The van der Waals surface area contributed by atoms with Crippen molar-refractivity contribution in [2.24, 2.45) is 0 Å². The third kappa shape index (κ3) is 3.92. The molecule has 0 radical (unpaired) electrons. The number of likely N-dealkylation sites (N-methyl/N-ethyl adjacent to an activating group) is 2. The maximum Gasteiger partial charge on any atom is 0.0366 e. The molecule has 0 aliphatic heterocycles. The zero-order valence-electron chi connectivity index (χ0n) is 10.2. The summed E-state index contributed by atoms with van der Waals surface area (Å²) in [6.45, 7) is 8.56. The molecule has 1 aromatic rings. The van der Waals surface area contributed by atoms with E-state index in [4.69, 9.17) is 0 Å². The van der Waals surface area contributed by atoms with E-state index >= 15 is 0 Å². The SMILES string of the molecule is CCNC(C)CN(C)c1cccc(C)c1. The zero-order valence-corrected chi connectivity index (χ0v) is 10.2. The minimum atomic E-state index is 0.528. The summed E-state index contributed by atoms with van der Waals surface area (Å²) in [4.78, 5) is 2.29. The molecule has 0 spiro atoms. The van der Waals surface area contributed by atoms with Crippen LogP contribution in [0.15, 0.2) is 24.3 Å². The first-order valence-electron chi connectivity index (χ1n) is 5.64. The molecule has 1 unspecified atom stereocenters. The van der Waals surface area contributed by atoms with Crippen LogP contribution in [-0.2, 0) is 0 Å². The highest BCUT2D eigenvalue weighted by atomic mass is 15.1. The van der Waals surface area contributed by atoms with E-state index in [0.29, 0.717) is 6.04 Å². The summed E-state index contributed by atoms with van der Waals surface area (Å²) in [6.07, 6.45) is 0. The average molecular weight is 206 g/mol.